The van der Waals surface area contributed by atoms with E-state index in [-0.39, 0.29) is 0 Å². The van der Waals surface area contributed by atoms with Crippen LogP contribution in [0, 0.1) is 6.92 Å². The monoisotopic (exact) mass is 182 g/mol. The SMILES string of the molecule is [CH2]CCCCCCCCCC[C]=O. The van der Waals surface area contributed by atoms with Gasteiger partial charge in [0.15, 0.2) is 6.29 Å². The van der Waals surface area contributed by atoms with Crippen LogP contribution in [0.3, 0.4) is 0 Å². The second-order valence-electron chi connectivity index (χ2n) is 3.58. The van der Waals surface area contributed by atoms with Crippen LogP contribution in [0.2, 0.25) is 0 Å². The zero-order valence-electron chi connectivity index (χ0n) is 8.69. The minimum Gasteiger partial charge on any atom is -0.291 e. The zero-order valence-corrected chi connectivity index (χ0v) is 8.69. The molecule has 0 aliphatic heterocycles. The van der Waals surface area contributed by atoms with Gasteiger partial charge in [0.05, 0.1) is 0 Å². The van der Waals surface area contributed by atoms with Crippen LogP contribution in [0.15, 0.2) is 0 Å². The van der Waals surface area contributed by atoms with Gasteiger partial charge >= 0.3 is 0 Å². The third-order valence-corrected chi connectivity index (χ3v) is 2.28. The molecule has 0 fully saturated rings. The summed E-state index contributed by atoms with van der Waals surface area (Å²) in [5.74, 6) is 0. The Morgan fingerprint density at radius 3 is 1.69 bits per heavy atom. The molecule has 0 aromatic rings. The van der Waals surface area contributed by atoms with Crippen molar-refractivity contribution >= 4 is 6.29 Å². The lowest BCUT2D eigenvalue weighted by Gasteiger charge is -1.99. The Morgan fingerprint density at radius 1 is 0.769 bits per heavy atom. The summed E-state index contributed by atoms with van der Waals surface area (Å²) in [5.41, 5.74) is 0. The molecule has 0 saturated heterocycles. The van der Waals surface area contributed by atoms with Crippen molar-refractivity contribution in [2.75, 3.05) is 0 Å². The van der Waals surface area contributed by atoms with Gasteiger partial charge in [0, 0.05) is 6.42 Å². The normalized spacial score (nSPS) is 10.2. The first-order valence-electron chi connectivity index (χ1n) is 5.56. The van der Waals surface area contributed by atoms with Crippen molar-refractivity contribution in [2.45, 2.75) is 64.2 Å². The average Bonchev–Trinajstić information content (AvgIpc) is 2.16. The molecule has 0 amide bonds. The van der Waals surface area contributed by atoms with E-state index < -0.39 is 0 Å². The van der Waals surface area contributed by atoms with Crippen LogP contribution in [-0.2, 0) is 4.79 Å². The molecule has 0 aliphatic carbocycles. The first kappa shape index (κ1) is 12.7. The summed E-state index contributed by atoms with van der Waals surface area (Å²) in [7, 11) is 0. The molecule has 0 bridgehead atoms. The summed E-state index contributed by atoms with van der Waals surface area (Å²) in [6.45, 7) is 3.82. The Hall–Kier alpha value is -0.330. The molecule has 0 aromatic carbocycles. The second-order valence-corrected chi connectivity index (χ2v) is 3.58. The van der Waals surface area contributed by atoms with Gasteiger partial charge in [-0.05, 0) is 6.42 Å². The summed E-state index contributed by atoms with van der Waals surface area (Å²) in [6.07, 6.45) is 13.8. The van der Waals surface area contributed by atoms with Gasteiger partial charge < -0.3 is 0 Å². The summed E-state index contributed by atoms with van der Waals surface area (Å²) < 4.78 is 0. The summed E-state index contributed by atoms with van der Waals surface area (Å²) >= 11 is 0. The van der Waals surface area contributed by atoms with Crippen LogP contribution in [0.5, 0.6) is 0 Å². The molecule has 2 radical (unpaired) electrons. The first-order chi connectivity index (χ1) is 6.41. The lowest BCUT2D eigenvalue weighted by molar-refractivity contribution is 0.538. The predicted molar refractivity (Wildman–Crippen MR) is 57.2 cm³/mol. The maximum absolute atomic E-state index is 9.88. The summed E-state index contributed by atoms with van der Waals surface area (Å²) in [4.78, 5) is 9.88. The largest absolute Gasteiger partial charge is 0.291 e. The lowest BCUT2D eigenvalue weighted by Crippen LogP contribution is -1.81. The van der Waals surface area contributed by atoms with Crippen molar-refractivity contribution < 1.29 is 4.79 Å². The van der Waals surface area contributed by atoms with E-state index in [4.69, 9.17) is 0 Å². The fraction of sp³-hybridized carbons (Fsp3) is 0.833. The fourth-order valence-corrected chi connectivity index (χ4v) is 1.43. The Balaban J connectivity index is 2.79. The van der Waals surface area contributed by atoms with Gasteiger partial charge in [0.25, 0.3) is 0 Å². The maximum Gasteiger partial charge on any atom is 0.198 e. The molecule has 0 aromatic heterocycles. The highest BCUT2D eigenvalue weighted by Crippen LogP contribution is 2.09. The molecule has 1 heteroatoms. The minimum absolute atomic E-state index is 0.626. The molecule has 0 aliphatic rings. The van der Waals surface area contributed by atoms with Crippen LogP contribution in [0.25, 0.3) is 0 Å². The van der Waals surface area contributed by atoms with Gasteiger partial charge in [-0.2, -0.15) is 0 Å². The predicted octanol–water partition coefficient (Wildman–Crippen LogP) is 3.83. The Labute approximate surface area is 82.9 Å². The van der Waals surface area contributed by atoms with Crippen molar-refractivity contribution in [3.05, 3.63) is 6.92 Å². The molecule has 0 heterocycles. The van der Waals surface area contributed by atoms with Crippen LogP contribution in [-0.4, -0.2) is 6.29 Å². The van der Waals surface area contributed by atoms with Crippen LogP contribution < -0.4 is 0 Å². The van der Waals surface area contributed by atoms with Gasteiger partial charge in [-0.15, -0.1) is 0 Å². The van der Waals surface area contributed by atoms with Crippen molar-refractivity contribution in [1.82, 2.24) is 0 Å². The first-order valence-corrected chi connectivity index (χ1v) is 5.56. The topological polar surface area (TPSA) is 17.1 Å². The molecular formula is C12H22O. The summed E-state index contributed by atoms with van der Waals surface area (Å²) in [5, 5.41) is 0. The second kappa shape index (κ2) is 11.7. The highest BCUT2D eigenvalue weighted by atomic mass is 16.1. The van der Waals surface area contributed by atoms with E-state index in [9.17, 15) is 4.79 Å². The summed E-state index contributed by atoms with van der Waals surface area (Å²) in [6, 6.07) is 0. The molecular weight excluding hydrogens is 160 g/mol. The average molecular weight is 182 g/mol. The molecule has 0 N–H and O–H groups in total. The number of rotatable bonds is 10. The van der Waals surface area contributed by atoms with E-state index in [0.717, 1.165) is 12.8 Å². The molecule has 0 spiro atoms. The molecule has 0 rings (SSSR count). The van der Waals surface area contributed by atoms with Crippen LogP contribution in [0.1, 0.15) is 64.2 Å². The fourth-order valence-electron chi connectivity index (χ4n) is 1.43. The quantitative estimate of drug-likeness (QED) is 0.469. The smallest absolute Gasteiger partial charge is 0.198 e. The number of hydrogen-bond donors (Lipinski definition) is 0. The highest BCUT2D eigenvalue weighted by molar-refractivity contribution is 5.50. The standard InChI is InChI=1S/C12H22O/c1-2-3-4-5-6-7-8-9-10-11-12-13/h1-11H2. The van der Waals surface area contributed by atoms with Crippen molar-refractivity contribution in [2.24, 2.45) is 0 Å². The van der Waals surface area contributed by atoms with Gasteiger partial charge in [0.2, 0.25) is 0 Å². The van der Waals surface area contributed by atoms with E-state index in [1.807, 2.05) is 6.29 Å². The molecule has 0 atom stereocenters. The Morgan fingerprint density at radius 2 is 1.23 bits per heavy atom. The highest BCUT2D eigenvalue weighted by Gasteiger charge is 1.91. The number of hydrogen-bond acceptors (Lipinski definition) is 1. The van der Waals surface area contributed by atoms with Crippen molar-refractivity contribution in [1.29, 1.82) is 0 Å². The zero-order chi connectivity index (χ0) is 9.78. The lowest BCUT2D eigenvalue weighted by atomic mass is 10.1. The van der Waals surface area contributed by atoms with E-state index >= 15 is 0 Å². The molecule has 13 heavy (non-hydrogen) atoms. The van der Waals surface area contributed by atoms with Crippen LogP contribution in [0.4, 0.5) is 0 Å². The van der Waals surface area contributed by atoms with Gasteiger partial charge in [0.1, 0.15) is 0 Å². The Bertz CT molecular complexity index is 99.3. The molecule has 1 nitrogen and oxygen atoms in total. The number of unbranched alkanes of at least 4 members (excludes halogenated alkanes) is 9. The third-order valence-electron chi connectivity index (χ3n) is 2.28. The molecule has 0 unspecified atom stereocenters. The Kier molecular flexibility index (Phi) is 11.4. The van der Waals surface area contributed by atoms with E-state index in [0.29, 0.717) is 6.42 Å². The number of carbonyl (C=O) groups excluding carboxylic acids is 1. The van der Waals surface area contributed by atoms with E-state index in [1.54, 1.807) is 0 Å². The minimum atomic E-state index is 0.626. The van der Waals surface area contributed by atoms with Gasteiger partial charge in [-0.1, -0.05) is 58.3 Å². The van der Waals surface area contributed by atoms with Crippen molar-refractivity contribution in [3.8, 4) is 0 Å². The van der Waals surface area contributed by atoms with Gasteiger partial charge in [-0.3, -0.25) is 4.79 Å². The maximum atomic E-state index is 9.88. The molecule has 0 saturated carbocycles. The van der Waals surface area contributed by atoms with E-state index in [2.05, 4.69) is 6.92 Å². The molecule has 76 valence electrons. The third kappa shape index (κ3) is 11.7. The van der Waals surface area contributed by atoms with Crippen LogP contribution >= 0.6 is 0 Å². The van der Waals surface area contributed by atoms with Gasteiger partial charge in [-0.25, -0.2) is 0 Å². The van der Waals surface area contributed by atoms with Crippen molar-refractivity contribution in [3.63, 3.8) is 0 Å². The van der Waals surface area contributed by atoms with E-state index in [1.165, 1.54) is 44.9 Å².